The zero-order valence-electron chi connectivity index (χ0n) is 23.3. The summed E-state index contributed by atoms with van der Waals surface area (Å²) in [6.07, 6.45) is 4.96. The molecule has 0 bridgehead atoms. The third kappa shape index (κ3) is 7.59. The molecule has 1 unspecified atom stereocenters. The van der Waals surface area contributed by atoms with Gasteiger partial charge < -0.3 is 14.8 Å². The van der Waals surface area contributed by atoms with E-state index in [1.54, 1.807) is 19.1 Å². The minimum atomic E-state index is -1.85. The molecule has 2 aromatic rings. The summed E-state index contributed by atoms with van der Waals surface area (Å²) < 4.78 is 66.9. The van der Waals surface area contributed by atoms with Gasteiger partial charge in [0.25, 0.3) is 5.91 Å². The number of hydrogen-bond donors (Lipinski definition) is 1. The zero-order valence-corrected chi connectivity index (χ0v) is 24.0. The van der Waals surface area contributed by atoms with Crippen LogP contribution in [0.25, 0.3) is 0 Å². The molecule has 230 valence electrons. The van der Waals surface area contributed by atoms with E-state index in [1.165, 1.54) is 16.9 Å². The first kappa shape index (κ1) is 32.1. The molecule has 1 heterocycles. The normalized spacial score (nSPS) is 16.5. The van der Waals surface area contributed by atoms with Gasteiger partial charge in [-0.1, -0.05) is 31.0 Å². The Morgan fingerprint density at radius 3 is 2.37 bits per heavy atom. The lowest BCUT2D eigenvalue weighted by Crippen LogP contribution is -2.52. The SMILES string of the molecule is CC[C@@H](C(=O)NC(CC(=O)OC1CCCCC1)C(=O)COc1c(F)c(F)cc(F)c1F)[N+]1=CCc2ccc(Cl)cc2C1=O. The quantitative estimate of drug-likeness (QED) is 0.166. The van der Waals surface area contributed by atoms with Gasteiger partial charge in [0.05, 0.1) is 18.4 Å². The number of carbonyl (C=O) groups is 4. The second kappa shape index (κ2) is 14.1. The van der Waals surface area contributed by atoms with Gasteiger partial charge in [-0.3, -0.25) is 14.4 Å². The van der Waals surface area contributed by atoms with Crippen LogP contribution in [0.2, 0.25) is 5.02 Å². The van der Waals surface area contributed by atoms with E-state index in [0.29, 0.717) is 35.4 Å². The maximum absolute atomic E-state index is 14.1. The Balaban J connectivity index is 1.52. The average Bonchev–Trinajstić information content (AvgIpc) is 2.98. The number of Topliss-reactive ketones (excluding diaryl/α,β-unsaturated/α-hetero) is 1. The number of nitrogens with one attached hydrogen (secondary N) is 1. The molecule has 2 aliphatic rings. The first-order valence-electron chi connectivity index (χ1n) is 13.9. The minimum Gasteiger partial charge on any atom is -0.479 e. The summed E-state index contributed by atoms with van der Waals surface area (Å²) in [6.45, 7) is 0.496. The molecule has 1 aliphatic carbocycles. The molecule has 2 atom stereocenters. The predicted molar refractivity (Wildman–Crippen MR) is 146 cm³/mol. The summed E-state index contributed by atoms with van der Waals surface area (Å²) in [5, 5.41) is 2.77. The standard InChI is InChI=1S/C30H29ClF4N2O6/c1-2-23(37-11-10-16-8-9-17(31)12-19(16)30(37)41)29(40)36-22(14-25(39)43-18-6-4-3-5-7-18)24(38)15-42-28-26(34)20(32)13-21(33)27(28)35/h8-9,11-13,18,22-23H,2-7,10,14-15H2,1H3/p+1/t22?,23-/m0/s1. The molecule has 2 amide bonds. The van der Waals surface area contributed by atoms with E-state index in [0.717, 1.165) is 19.3 Å². The maximum Gasteiger partial charge on any atom is 0.420 e. The number of nitrogens with zero attached hydrogens (tertiary/aromatic N) is 1. The van der Waals surface area contributed by atoms with Crippen molar-refractivity contribution in [1.82, 2.24) is 5.32 Å². The number of esters is 1. The van der Waals surface area contributed by atoms with E-state index in [9.17, 15) is 36.7 Å². The maximum atomic E-state index is 14.1. The predicted octanol–water partition coefficient (Wildman–Crippen LogP) is 4.85. The second-order valence-electron chi connectivity index (χ2n) is 10.4. The Bertz CT molecular complexity index is 1430. The highest BCUT2D eigenvalue weighted by atomic mass is 35.5. The molecule has 0 spiro atoms. The molecule has 1 saturated carbocycles. The summed E-state index contributed by atoms with van der Waals surface area (Å²) in [5.41, 5.74) is 1.02. The van der Waals surface area contributed by atoms with Crippen molar-refractivity contribution < 1.29 is 50.8 Å². The zero-order chi connectivity index (χ0) is 31.3. The summed E-state index contributed by atoms with van der Waals surface area (Å²) in [7, 11) is 0. The van der Waals surface area contributed by atoms with Crippen molar-refractivity contribution >= 4 is 41.4 Å². The van der Waals surface area contributed by atoms with Gasteiger partial charge in [-0.05, 0) is 43.4 Å². The highest BCUT2D eigenvalue weighted by molar-refractivity contribution is 6.31. The largest absolute Gasteiger partial charge is 0.479 e. The van der Waals surface area contributed by atoms with Crippen molar-refractivity contribution in [3.8, 4) is 5.75 Å². The van der Waals surface area contributed by atoms with E-state index in [1.807, 2.05) is 0 Å². The summed E-state index contributed by atoms with van der Waals surface area (Å²) in [4.78, 5) is 52.6. The van der Waals surface area contributed by atoms with E-state index in [-0.39, 0.29) is 18.6 Å². The van der Waals surface area contributed by atoms with Gasteiger partial charge in [-0.2, -0.15) is 13.4 Å². The summed E-state index contributed by atoms with van der Waals surface area (Å²) in [6, 6.07) is 2.11. The third-order valence-electron chi connectivity index (χ3n) is 7.43. The highest BCUT2D eigenvalue weighted by Gasteiger charge is 2.39. The monoisotopic (exact) mass is 625 g/mol. The van der Waals surface area contributed by atoms with Crippen molar-refractivity contribution in [1.29, 1.82) is 0 Å². The van der Waals surface area contributed by atoms with E-state index in [4.69, 9.17) is 21.1 Å². The van der Waals surface area contributed by atoms with E-state index in [2.05, 4.69) is 5.32 Å². The summed E-state index contributed by atoms with van der Waals surface area (Å²) in [5.74, 6) is -11.8. The number of fused-ring (bicyclic) bond motifs is 1. The fraction of sp³-hybridized carbons (Fsp3) is 0.433. The second-order valence-corrected chi connectivity index (χ2v) is 10.8. The number of carbonyl (C=O) groups excluding carboxylic acids is 4. The van der Waals surface area contributed by atoms with Crippen LogP contribution in [0, 0.1) is 23.3 Å². The van der Waals surface area contributed by atoms with E-state index >= 15 is 0 Å². The van der Waals surface area contributed by atoms with Crippen LogP contribution in [0.3, 0.4) is 0 Å². The van der Waals surface area contributed by atoms with Crippen LogP contribution in [0.4, 0.5) is 17.6 Å². The fourth-order valence-corrected chi connectivity index (χ4v) is 5.31. The van der Waals surface area contributed by atoms with Crippen molar-refractivity contribution in [2.24, 2.45) is 0 Å². The summed E-state index contributed by atoms with van der Waals surface area (Å²) >= 11 is 6.06. The Hall–Kier alpha value is -3.80. The van der Waals surface area contributed by atoms with Crippen LogP contribution in [0.15, 0.2) is 24.3 Å². The van der Waals surface area contributed by atoms with Gasteiger partial charge in [0.1, 0.15) is 18.8 Å². The molecule has 0 saturated heterocycles. The van der Waals surface area contributed by atoms with Crippen LogP contribution in [0.1, 0.15) is 67.8 Å². The van der Waals surface area contributed by atoms with Crippen molar-refractivity contribution in [2.75, 3.05) is 6.61 Å². The molecule has 0 radical (unpaired) electrons. The van der Waals surface area contributed by atoms with Crippen molar-refractivity contribution in [3.05, 3.63) is 63.7 Å². The first-order valence-corrected chi connectivity index (χ1v) is 14.3. The fourth-order valence-electron chi connectivity index (χ4n) is 5.14. The Morgan fingerprint density at radius 2 is 1.72 bits per heavy atom. The molecule has 1 fully saturated rings. The molecule has 43 heavy (non-hydrogen) atoms. The van der Waals surface area contributed by atoms with Gasteiger partial charge in [0.2, 0.25) is 17.7 Å². The molecule has 1 aliphatic heterocycles. The van der Waals surface area contributed by atoms with Crippen LogP contribution < -0.4 is 10.1 Å². The number of halogens is 5. The number of hydrogen-bond acceptors (Lipinski definition) is 6. The molecule has 4 rings (SSSR count). The van der Waals surface area contributed by atoms with Crippen LogP contribution >= 0.6 is 11.6 Å². The topological polar surface area (TPSA) is 102 Å². The van der Waals surface area contributed by atoms with Gasteiger partial charge in [-0.15, -0.1) is 0 Å². The Kier molecular flexibility index (Phi) is 10.5. The van der Waals surface area contributed by atoms with Gasteiger partial charge >= 0.3 is 11.9 Å². The molecule has 13 heteroatoms. The lowest BCUT2D eigenvalue weighted by atomic mass is 9.98. The molecule has 0 aromatic heterocycles. The van der Waals surface area contributed by atoms with Crippen LogP contribution in [0.5, 0.6) is 5.75 Å². The first-order chi connectivity index (χ1) is 20.5. The van der Waals surface area contributed by atoms with E-state index < -0.39 is 77.7 Å². The van der Waals surface area contributed by atoms with Crippen LogP contribution in [-0.2, 0) is 25.5 Å². The number of rotatable bonds is 11. The smallest absolute Gasteiger partial charge is 0.420 e. The Morgan fingerprint density at radius 1 is 1.05 bits per heavy atom. The van der Waals surface area contributed by atoms with Gasteiger partial charge in [0, 0.05) is 17.5 Å². The number of ketones is 1. The molecule has 1 N–H and O–H groups in total. The lowest BCUT2D eigenvalue weighted by Gasteiger charge is -2.24. The minimum absolute atomic E-state index is 0.0141. The van der Waals surface area contributed by atoms with Crippen molar-refractivity contribution in [2.45, 2.75) is 76.5 Å². The molecular formula is C30H30ClF4N2O6+. The third-order valence-corrected chi connectivity index (χ3v) is 7.66. The average molecular weight is 626 g/mol. The number of ether oxygens (including phenoxy) is 2. The molecule has 8 nitrogen and oxygen atoms in total. The van der Waals surface area contributed by atoms with Gasteiger partial charge in [0.15, 0.2) is 29.4 Å². The molecule has 2 aromatic carbocycles. The number of amides is 2. The van der Waals surface area contributed by atoms with Gasteiger partial charge in [-0.25, -0.2) is 13.6 Å². The lowest BCUT2D eigenvalue weighted by molar-refractivity contribution is -0.456. The molecular weight excluding hydrogens is 596 g/mol. The number of benzene rings is 2. The highest BCUT2D eigenvalue weighted by Crippen LogP contribution is 2.27. The van der Waals surface area contributed by atoms with Crippen molar-refractivity contribution in [3.63, 3.8) is 0 Å². The Labute approximate surface area is 250 Å². The van der Waals surface area contributed by atoms with Crippen LogP contribution in [-0.4, -0.2) is 59.2 Å².